The largest absolute Gasteiger partial charge is 0.461 e. The second-order valence-corrected chi connectivity index (χ2v) is 7.52. The van der Waals surface area contributed by atoms with Gasteiger partial charge in [-0.25, -0.2) is 0 Å². The Kier molecular flexibility index (Phi) is 4.61. The van der Waals surface area contributed by atoms with Crippen LogP contribution in [0.1, 0.15) is 56.1 Å². The van der Waals surface area contributed by atoms with Crippen LogP contribution in [0.25, 0.3) is 11.1 Å². The van der Waals surface area contributed by atoms with Crippen molar-refractivity contribution in [1.29, 1.82) is 0 Å². The molecule has 2 heteroatoms. The Morgan fingerprint density at radius 3 is 1.96 bits per heavy atom. The monoisotopic (exact) mass is 334 g/mol. The van der Waals surface area contributed by atoms with Crippen molar-refractivity contribution in [3.8, 4) is 11.1 Å². The van der Waals surface area contributed by atoms with E-state index in [1.165, 1.54) is 47.9 Å². The molecule has 25 heavy (non-hydrogen) atoms. The van der Waals surface area contributed by atoms with Crippen LogP contribution < -0.4 is 0 Å². The molecule has 0 N–H and O–H groups in total. The molecule has 0 aromatic heterocycles. The summed E-state index contributed by atoms with van der Waals surface area (Å²) >= 11 is 0. The Bertz CT molecular complexity index is 714. The summed E-state index contributed by atoms with van der Waals surface area (Å²) in [4.78, 5) is 11.0. The van der Waals surface area contributed by atoms with E-state index in [2.05, 4.69) is 55.5 Å². The first-order valence-corrected chi connectivity index (χ1v) is 9.61. The molecule has 2 nitrogen and oxygen atoms in total. The zero-order chi connectivity index (χ0) is 17.2. The fourth-order valence-electron chi connectivity index (χ4n) is 4.29. The van der Waals surface area contributed by atoms with Crippen LogP contribution in [-0.4, -0.2) is 12.1 Å². The third kappa shape index (κ3) is 3.49. The van der Waals surface area contributed by atoms with Gasteiger partial charge in [0.1, 0.15) is 6.10 Å². The Labute approximate surface area is 150 Å². The average molecular weight is 334 g/mol. The quantitative estimate of drug-likeness (QED) is 0.690. The minimum Gasteiger partial charge on any atom is -0.461 e. The molecule has 130 valence electrons. The van der Waals surface area contributed by atoms with Crippen LogP contribution in [0.4, 0.5) is 0 Å². The van der Waals surface area contributed by atoms with Crippen molar-refractivity contribution in [2.45, 2.75) is 57.5 Å². The number of carbonyl (C=O) groups is 1. The number of aryl methyl sites for hydroxylation is 1. The highest BCUT2D eigenvalue weighted by atomic mass is 16.6. The highest BCUT2D eigenvalue weighted by Gasteiger charge is 2.37. The second-order valence-electron chi connectivity index (χ2n) is 7.52. The summed E-state index contributed by atoms with van der Waals surface area (Å²) in [6.07, 6.45) is 6.73. The molecule has 2 aromatic carbocycles. The Morgan fingerprint density at radius 1 is 0.880 bits per heavy atom. The Hall–Kier alpha value is -2.09. The molecular formula is C23H26O2. The van der Waals surface area contributed by atoms with E-state index >= 15 is 0 Å². The van der Waals surface area contributed by atoms with Gasteiger partial charge < -0.3 is 4.74 Å². The van der Waals surface area contributed by atoms with Crippen LogP contribution in [-0.2, 0) is 16.0 Å². The van der Waals surface area contributed by atoms with Gasteiger partial charge in [0.2, 0.25) is 0 Å². The van der Waals surface area contributed by atoms with Gasteiger partial charge in [-0.05, 0) is 66.2 Å². The van der Waals surface area contributed by atoms with Gasteiger partial charge in [-0.15, -0.1) is 0 Å². The van der Waals surface area contributed by atoms with Crippen LogP contribution >= 0.6 is 0 Å². The maximum absolute atomic E-state index is 11.0. The van der Waals surface area contributed by atoms with Crippen LogP contribution in [0.3, 0.4) is 0 Å². The van der Waals surface area contributed by atoms with Crippen LogP contribution in [0.2, 0.25) is 0 Å². The molecule has 1 heterocycles. The standard InChI is InChI=1S/C23H26O2/c1-2-16-3-5-17(6-4-16)18-7-9-19(10-8-18)20-11-13-21(14-12-20)22-15-23(24)25-22/h3-10,20-22H,2,11-15H2,1H3. The van der Waals surface area contributed by atoms with E-state index in [0.29, 0.717) is 18.3 Å². The number of ether oxygens (including phenoxy) is 1. The topological polar surface area (TPSA) is 26.3 Å². The predicted octanol–water partition coefficient (Wildman–Crippen LogP) is 5.51. The summed E-state index contributed by atoms with van der Waals surface area (Å²) in [5.41, 5.74) is 5.42. The van der Waals surface area contributed by atoms with Crippen molar-refractivity contribution in [3.05, 3.63) is 59.7 Å². The van der Waals surface area contributed by atoms with Gasteiger partial charge in [0, 0.05) is 0 Å². The summed E-state index contributed by atoms with van der Waals surface area (Å²) in [6, 6.07) is 18.0. The molecule has 0 bridgehead atoms. The summed E-state index contributed by atoms with van der Waals surface area (Å²) in [6.45, 7) is 2.19. The molecule has 1 unspecified atom stereocenters. The van der Waals surface area contributed by atoms with Gasteiger partial charge in [-0.3, -0.25) is 4.79 Å². The normalized spacial score (nSPS) is 26.0. The first-order valence-electron chi connectivity index (χ1n) is 9.61. The van der Waals surface area contributed by atoms with E-state index in [-0.39, 0.29) is 12.1 Å². The summed E-state index contributed by atoms with van der Waals surface area (Å²) in [7, 11) is 0. The SMILES string of the molecule is CCc1ccc(-c2ccc(C3CCC(C4CC(=O)O4)CC3)cc2)cc1. The van der Waals surface area contributed by atoms with Crippen molar-refractivity contribution in [1.82, 2.24) is 0 Å². The van der Waals surface area contributed by atoms with Crippen molar-refractivity contribution in [2.24, 2.45) is 5.92 Å². The molecule has 1 saturated heterocycles. The van der Waals surface area contributed by atoms with E-state index < -0.39 is 0 Å². The lowest BCUT2D eigenvalue weighted by molar-refractivity contribution is -0.176. The van der Waals surface area contributed by atoms with Gasteiger partial charge in [-0.1, -0.05) is 55.5 Å². The molecule has 0 radical (unpaired) electrons. The summed E-state index contributed by atoms with van der Waals surface area (Å²) in [5, 5.41) is 0. The minimum absolute atomic E-state index is 0.0188. The van der Waals surface area contributed by atoms with E-state index in [0.717, 1.165) is 6.42 Å². The predicted molar refractivity (Wildman–Crippen MR) is 100 cm³/mol. The maximum atomic E-state index is 11.0. The molecule has 2 aromatic rings. The lowest BCUT2D eigenvalue weighted by Gasteiger charge is -2.37. The average Bonchev–Trinajstić information content (AvgIpc) is 2.66. The number of carbonyl (C=O) groups excluding carboxylic acids is 1. The van der Waals surface area contributed by atoms with Gasteiger partial charge in [0.15, 0.2) is 0 Å². The molecular weight excluding hydrogens is 308 g/mol. The maximum Gasteiger partial charge on any atom is 0.309 e. The second kappa shape index (κ2) is 7.03. The van der Waals surface area contributed by atoms with E-state index in [1.54, 1.807) is 0 Å². The Morgan fingerprint density at radius 2 is 1.44 bits per heavy atom. The fourth-order valence-corrected chi connectivity index (χ4v) is 4.29. The van der Waals surface area contributed by atoms with Crippen molar-refractivity contribution < 1.29 is 9.53 Å². The lowest BCUT2D eigenvalue weighted by atomic mass is 9.75. The van der Waals surface area contributed by atoms with Gasteiger partial charge in [-0.2, -0.15) is 0 Å². The number of cyclic esters (lactones) is 1. The molecule has 1 aliphatic carbocycles. The van der Waals surface area contributed by atoms with E-state index in [9.17, 15) is 4.79 Å². The summed E-state index contributed by atoms with van der Waals surface area (Å²) in [5.74, 6) is 1.23. The van der Waals surface area contributed by atoms with Crippen LogP contribution in [0.15, 0.2) is 48.5 Å². The molecule has 1 aliphatic heterocycles. The number of esters is 1. The third-order valence-electron chi connectivity index (χ3n) is 6.03. The number of rotatable bonds is 4. The number of hydrogen-bond donors (Lipinski definition) is 0. The van der Waals surface area contributed by atoms with E-state index in [1.807, 2.05) is 0 Å². The minimum atomic E-state index is -0.0188. The smallest absolute Gasteiger partial charge is 0.309 e. The molecule has 0 spiro atoms. The molecule has 1 saturated carbocycles. The molecule has 2 aliphatic rings. The van der Waals surface area contributed by atoms with Crippen LogP contribution in [0.5, 0.6) is 0 Å². The molecule has 1 atom stereocenters. The zero-order valence-electron chi connectivity index (χ0n) is 14.9. The first kappa shape index (κ1) is 16.4. The number of benzene rings is 2. The molecule has 2 fully saturated rings. The lowest BCUT2D eigenvalue weighted by Crippen LogP contribution is -2.40. The number of hydrogen-bond acceptors (Lipinski definition) is 2. The van der Waals surface area contributed by atoms with Crippen molar-refractivity contribution >= 4 is 5.97 Å². The fraction of sp³-hybridized carbons (Fsp3) is 0.435. The summed E-state index contributed by atoms with van der Waals surface area (Å²) < 4.78 is 5.26. The van der Waals surface area contributed by atoms with E-state index in [4.69, 9.17) is 4.74 Å². The van der Waals surface area contributed by atoms with Gasteiger partial charge >= 0.3 is 5.97 Å². The van der Waals surface area contributed by atoms with Gasteiger partial charge in [0.25, 0.3) is 0 Å². The molecule has 0 amide bonds. The Balaban J connectivity index is 1.38. The third-order valence-corrected chi connectivity index (χ3v) is 6.03. The van der Waals surface area contributed by atoms with Crippen LogP contribution in [0, 0.1) is 5.92 Å². The van der Waals surface area contributed by atoms with Gasteiger partial charge in [0.05, 0.1) is 6.42 Å². The first-order chi connectivity index (χ1) is 12.2. The van der Waals surface area contributed by atoms with Crippen molar-refractivity contribution in [3.63, 3.8) is 0 Å². The van der Waals surface area contributed by atoms with Crippen molar-refractivity contribution in [2.75, 3.05) is 0 Å². The highest BCUT2D eigenvalue weighted by molar-refractivity contribution is 5.75. The zero-order valence-corrected chi connectivity index (χ0v) is 14.9. The highest BCUT2D eigenvalue weighted by Crippen LogP contribution is 2.40. The molecule has 4 rings (SSSR count).